The van der Waals surface area contributed by atoms with Crippen LogP contribution in [0, 0.1) is 12.3 Å². The summed E-state index contributed by atoms with van der Waals surface area (Å²) >= 11 is 0. The first kappa shape index (κ1) is 15.7. The number of fused-ring (bicyclic) bond motifs is 1. The third-order valence-corrected chi connectivity index (χ3v) is 4.26. The molecule has 0 aromatic carbocycles. The van der Waals surface area contributed by atoms with Gasteiger partial charge in [0.1, 0.15) is 5.82 Å². The Kier molecular flexibility index (Phi) is 3.95. The number of amides is 1. The number of carbonyl (C=O) groups is 1. The Bertz CT molecular complexity index is 709. The van der Waals surface area contributed by atoms with E-state index < -0.39 is 0 Å². The molecule has 1 fully saturated rings. The smallest absolute Gasteiger partial charge is 0.227 e. The molecule has 1 amide bonds. The quantitative estimate of drug-likeness (QED) is 0.915. The Labute approximate surface area is 136 Å². The second-order valence-electron chi connectivity index (χ2n) is 7.18. The van der Waals surface area contributed by atoms with Crippen LogP contribution < -0.4 is 5.32 Å². The summed E-state index contributed by atoms with van der Waals surface area (Å²) in [6, 6.07) is 0.301. The molecule has 1 aliphatic heterocycles. The number of carbonyl (C=O) groups excluding carboxylic acids is 1. The lowest BCUT2D eigenvalue weighted by Gasteiger charge is -2.36. The minimum absolute atomic E-state index is 0.226. The van der Waals surface area contributed by atoms with Gasteiger partial charge in [-0.2, -0.15) is 0 Å². The molecule has 0 saturated carbocycles. The van der Waals surface area contributed by atoms with Crippen molar-refractivity contribution < 1.29 is 4.79 Å². The first-order valence-corrected chi connectivity index (χ1v) is 8.08. The number of rotatable bonds is 2. The van der Waals surface area contributed by atoms with Crippen molar-refractivity contribution in [1.29, 1.82) is 0 Å². The summed E-state index contributed by atoms with van der Waals surface area (Å²) in [5.74, 6) is 1.83. The molecule has 0 unspecified atom stereocenters. The molecule has 3 heterocycles. The number of nitrogens with zero attached hydrogens (tertiary/aromatic N) is 5. The van der Waals surface area contributed by atoms with Crippen LogP contribution >= 0.6 is 0 Å². The Morgan fingerprint density at radius 1 is 1.26 bits per heavy atom. The minimum Gasteiger partial charge on any atom is -0.364 e. The Hall–Kier alpha value is -2.18. The number of nitrogens with one attached hydrogen (secondary N) is 1. The van der Waals surface area contributed by atoms with Crippen LogP contribution in [0.15, 0.2) is 12.4 Å². The largest absolute Gasteiger partial charge is 0.364 e. The van der Waals surface area contributed by atoms with Crippen LogP contribution in [0.5, 0.6) is 0 Å². The fourth-order valence-corrected chi connectivity index (χ4v) is 2.94. The zero-order chi connectivity index (χ0) is 16.6. The molecule has 0 aliphatic carbocycles. The van der Waals surface area contributed by atoms with Crippen molar-refractivity contribution in [3.8, 4) is 0 Å². The van der Waals surface area contributed by atoms with Crippen LogP contribution in [0.3, 0.4) is 0 Å². The summed E-state index contributed by atoms with van der Waals surface area (Å²) < 4.78 is 1.92. The van der Waals surface area contributed by atoms with E-state index in [1.165, 1.54) is 0 Å². The van der Waals surface area contributed by atoms with Gasteiger partial charge in [-0.25, -0.2) is 4.98 Å². The van der Waals surface area contributed by atoms with Crippen LogP contribution in [-0.4, -0.2) is 49.5 Å². The highest BCUT2D eigenvalue weighted by atomic mass is 16.2. The third-order valence-electron chi connectivity index (χ3n) is 4.26. The maximum Gasteiger partial charge on any atom is 0.227 e. The lowest BCUT2D eigenvalue weighted by Crippen LogP contribution is -2.46. The van der Waals surface area contributed by atoms with Gasteiger partial charge in [-0.05, 0) is 19.8 Å². The van der Waals surface area contributed by atoms with E-state index in [0.29, 0.717) is 6.04 Å². The van der Waals surface area contributed by atoms with Crippen LogP contribution in [0.2, 0.25) is 0 Å². The van der Waals surface area contributed by atoms with E-state index in [1.54, 1.807) is 6.20 Å². The number of aryl methyl sites for hydroxylation is 1. The molecule has 2 aromatic rings. The molecule has 23 heavy (non-hydrogen) atoms. The molecular weight excluding hydrogens is 292 g/mol. The molecule has 0 atom stereocenters. The van der Waals surface area contributed by atoms with Crippen molar-refractivity contribution in [3.63, 3.8) is 0 Å². The number of hydrogen-bond acceptors (Lipinski definition) is 5. The minimum atomic E-state index is -0.313. The lowest BCUT2D eigenvalue weighted by atomic mass is 9.93. The van der Waals surface area contributed by atoms with Crippen LogP contribution in [0.25, 0.3) is 5.65 Å². The molecule has 7 nitrogen and oxygen atoms in total. The van der Waals surface area contributed by atoms with Gasteiger partial charge in [-0.1, -0.05) is 20.8 Å². The second-order valence-corrected chi connectivity index (χ2v) is 7.18. The summed E-state index contributed by atoms with van der Waals surface area (Å²) in [4.78, 5) is 18.7. The SMILES string of the molecule is Cc1nnc2c(NC3CCN(C(=O)C(C)(C)C)CC3)nccn12. The van der Waals surface area contributed by atoms with Crippen molar-refractivity contribution in [1.82, 2.24) is 24.5 Å². The maximum absolute atomic E-state index is 12.3. The van der Waals surface area contributed by atoms with Gasteiger partial charge in [-0.3, -0.25) is 9.20 Å². The van der Waals surface area contributed by atoms with Gasteiger partial charge >= 0.3 is 0 Å². The van der Waals surface area contributed by atoms with Gasteiger partial charge in [0.05, 0.1) is 0 Å². The van der Waals surface area contributed by atoms with Gasteiger partial charge in [0, 0.05) is 36.9 Å². The highest BCUT2D eigenvalue weighted by molar-refractivity contribution is 5.81. The Balaban J connectivity index is 1.66. The molecule has 124 valence electrons. The predicted octanol–water partition coefficient (Wildman–Crippen LogP) is 1.88. The third kappa shape index (κ3) is 3.13. The van der Waals surface area contributed by atoms with Crippen molar-refractivity contribution in [3.05, 3.63) is 18.2 Å². The molecule has 1 saturated heterocycles. The number of likely N-dealkylation sites (tertiary alicyclic amines) is 1. The van der Waals surface area contributed by atoms with E-state index in [2.05, 4.69) is 20.5 Å². The zero-order valence-electron chi connectivity index (χ0n) is 14.2. The van der Waals surface area contributed by atoms with E-state index in [9.17, 15) is 4.79 Å². The highest BCUT2D eigenvalue weighted by Crippen LogP contribution is 2.23. The zero-order valence-corrected chi connectivity index (χ0v) is 14.2. The standard InChI is InChI=1S/C16H24N6O/c1-11-19-20-14-13(17-7-10-22(11)14)18-12-5-8-21(9-6-12)15(23)16(2,3)4/h7,10,12H,5-6,8-9H2,1-4H3,(H,17,18). The normalized spacial score (nSPS) is 16.8. The van der Waals surface area contributed by atoms with Gasteiger partial charge < -0.3 is 10.2 Å². The van der Waals surface area contributed by atoms with E-state index in [1.807, 2.05) is 43.2 Å². The summed E-state index contributed by atoms with van der Waals surface area (Å²) in [5, 5.41) is 11.7. The topological polar surface area (TPSA) is 75.4 Å². The lowest BCUT2D eigenvalue weighted by molar-refractivity contribution is -0.140. The fourth-order valence-electron chi connectivity index (χ4n) is 2.94. The van der Waals surface area contributed by atoms with Crippen LogP contribution in [-0.2, 0) is 4.79 Å². The number of anilines is 1. The molecule has 0 bridgehead atoms. The van der Waals surface area contributed by atoms with E-state index in [4.69, 9.17) is 0 Å². The van der Waals surface area contributed by atoms with Gasteiger partial charge in [-0.15, -0.1) is 10.2 Å². The molecule has 1 N–H and O–H groups in total. The van der Waals surface area contributed by atoms with Crippen LogP contribution in [0.1, 0.15) is 39.4 Å². The molecule has 0 radical (unpaired) electrons. The predicted molar refractivity (Wildman–Crippen MR) is 88.2 cm³/mol. The monoisotopic (exact) mass is 316 g/mol. The molecule has 1 aliphatic rings. The van der Waals surface area contributed by atoms with Gasteiger partial charge in [0.15, 0.2) is 5.82 Å². The van der Waals surface area contributed by atoms with Crippen molar-refractivity contribution in [2.75, 3.05) is 18.4 Å². The molecular formula is C16H24N6O. The van der Waals surface area contributed by atoms with E-state index >= 15 is 0 Å². The van der Waals surface area contributed by atoms with Gasteiger partial charge in [0.25, 0.3) is 0 Å². The molecule has 0 spiro atoms. The second kappa shape index (κ2) is 5.79. The van der Waals surface area contributed by atoms with Gasteiger partial charge in [0.2, 0.25) is 11.6 Å². The Morgan fingerprint density at radius 3 is 2.61 bits per heavy atom. The number of piperidine rings is 1. The Morgan fingerprint density at radius 2 is 1.96 bits per heavy atom. The fraction of sp³-hybridized carbons (Fsp3) is 0.625. The first-order valence-electron chi connectivity index (χ1n) is 8.08. The number of hydrogen-bond donors (Lipinski definition) is 1. The summed E-state index contributed by atoms with van der Waals surface area (Å²) in [6.07, 6.45) is 5.44. The average molecular weight is 316 g/mol. The van der Waals surface area contributed by atoms with E-state index in [0.717, 1.165) is 43.2 Å². The summed E-state index contributed by atoms with van der Waals surface area (Å²) in [5.41, 5.74) is 0.435. The van der Waals surface area contributed by atoms with Crippen LogP contribution in [0.4, 0.5) is 5.82 Å². The summed E-state index contributed by atoms with van der Waals surface area (Å²) in [6.45, 7) is 9.39. The highest BCUT2D eigenvalue weighted by Gasteiger charge is 2.30. The molecule has 3 rings (SSSR count). The first-order chi connectivity index (χ1) is 10.9. The maximum atomic E-state index is 12.3. The summed E-state index contributed by atoms with van der Waals surface area (Å²) in [7, 11) is 0. The molecule has 2 aromatic heterocycles. The molecule has 7 heteroatoms. The van der Waals surface area contributed by atoms with Crippen molar-refractivity contribution >= 4 is 17.4 Å². The van der Waals surface area contributed by atoms with Crippen molar-refractivity contribution in [2.24, 2.45) is 5.41 Å². The average Bonchev–Trinajstić information content (AvgIpc) is 2.89. The van der Waals surface area contributed by atoms with E-state index in [-0.39, 0.29) is 11.3 Å². The van der Waals surface area contributed by atoms with Crippen molar-refractivity contribution in [2.45, 2.75) is 46.6 Å². The number of aromatic nitrogens is 4.